The number of rotatable bonds is 2. The molecule has 2 saturated heterocycles. The topological polar surface area (TPSA) is 41.6 Å². The van der Waals surface area contributed by atoms with Crippen LogP contribution in [0.5, 0.6) is 0 Å². The third-order valence-electron chi connectivity index (χ3n) is 5.75. The molecule has 4 fully saturated rings. The minimum absolute atomic E-state index is 0.102. The SMILES string of the molecule is O=C1C=C2CC(NC3CC3)[C@H]3N4CCCC[C@@H]4C23O1. The summed E-state index contributed by atoms with van der Waals surface area (Å²) in [6.45, 7) is 1.19. The molecule has 5 rings (SSSR count). The third kappa shape index (κ3) is 1.24. The van der Waals surface area contributed by atoms with Gasteiger partial charge in [-0.05, 0) is 44.2 Å². The van der Waals surface area contributed by atoms with E-state index in [1.54, 1.807) is 6.08 Å². The van der Waals surface area contributed by atoms with Crippen LogP contribution >= 0.6 is 0 Å². The number of piperidine rings is 1. The van der Waals surface area contributed by atoms with Crippen molar-refractivity contribution in [1.29, 1.82) is 0 Å². The molecule has 4 atom stereocenters. The van der Waals surface area contributed by atoms with Crippen molar-refractivity contribution in [3.8, 4) is 0 Å². The Hall–Kier alpha value is -0.870. The molecule has 0 radical (unpaired) electrons. The molecule has 19 heavy (non-hydrogen) atoms. The predicted molar refractivity (Wildman–Crippen MR) is 69.6 cm³/mol. The van der Waals surface area contributed by atoms with E-state index in [2.05, 4.69) is 10.2 Å². The Bertz CT molecular complexity index is 485. The Kier molecular flexibility index (Phi) is 1.95. The molecule has 3 aliphatic heterocycles. The van der Waals surface area contributed by atoms with E-state index in [0.29, 0.717) is 18.1 Å². The maximum atomic E-state index is 11.7. The Labute approximate surface area is 113 Å². The van der Waals surface area contributed by atoms with Crippen molar-refractivity contribution in [2.75, 3.05) is 6.54 Å². The first kappa shape index (κ1) is 10.9. The van der Waals surface area contributed by atoms with Crippen LogP contribution in [0.25, 0.3) is 0 Å². The van der Waals surface area contributed by atoms with E-state index >= 15 is 0 Å². The summed E-state index contributed by atoms with van der Waals surface area (Å²) in [5.41, 5.74) is 1.05. The average molecular weight is 260 g/mol. The molecule has 3 heterocycles. The number of ether oxygens (including phenoxy) is 1. The highest BCUT2D eigenvalue weighted by molar-refractivity contribution is 5.88. The smallest absolute Gasteiger partial charge is 0.331 e. The molecule has 102 valence electrons. The van der Waals surface area contributed by atoms with Crippen molar-refractivity contribution >= 4 is 5.97 Å². The van der Waals surface area contributed by atoms with Crippen molar-refractivity contribution < 1.29 is 9.53 Å². The fourth-order valence-electron chi connectivity index (χ4n) is 4.96. The van der Waals surface area contributed by atoms with Crippen molar-refractivity contribution in [1.82, 2.24) is 10.2 Å². The first-order chi connectivity index (χ1) is 9.29. The minimum Gasteiger partial charge on any atom is -0.448 e. The van der Waals surface area contributed by atoms with Gasteiger partial charge in [0.2, 0.25) is 0 Å². The normalized spacial score (nSPS) is 47.9. The van der Waals surface area contributed by atoms with Gasteiger partial charge in [0, 0.05) is 18.2 Å². The number of hydrogen-bond donors (Lipinski definition) is 1. The lowest BCUT2D eigenvalue weighted by Gasteiger charge is -2.61. The van der Waals surface area contributed by atoms with Crippen molar-refractivity contribution in [3.63, 3.8) is 0 Å². The van der Waals surface area contributed by atoms with Gasteiger partial charge in [-0.2, -0.15) is 0 Å². The monoisotopic (exact) mass is 260 g/mol. The summed E-state index contributed by atoms with van der Waals surface area (Å²) in [6.07, 6.45) is 9.20. The quantitative estimate of drug-likeness (QED) is 0.751. The van der Waals surface area contributed by atoms with Gasteiger partial charge in [-0.3, -0.25) is 4.90 Å². The van der Waals surface area contributed by atoms with Gasteiger partial charge in [-0.1, -0.05) is 6.42 Å². The molecule has 0 aromatic rings. The number of carbonyl (C=O) groups excluding carboxylic acids is 1. The van der Waals surface area contributed by atoms with Gasteiger partial charge in [0.05, 0.1) is 12.1 Å². The van der Waals surface area contributed by atoms with Gasteiger partial charge in [-0.15, -0.1) is 0 Å². The number of nitrogens with zero attached hydrogens (tertiary/aromatic N) is 1. The van der Waals surface area contributed by atoms with Crippen LogP contribution in [0.15, 0.2) is 11.6 Å². The maximum Gasteiger partial charge on any atom is 0.331 e. The molecular weight excluding hydrogens is 240 g/mol. The number of nitrogens with one attached hydrogen (secondary N) is 1. The Morgan fingerprint density at radius 2 is 2.21 bits per heavy atom. The van der Waals surface area contributed by atoms with Gasteiger partial charge < -0.3 is 10.1 Å². The third-order valence-corrected chi connectivity index (χ3v) is 5.75. The van der Waals surface area contributed by atoms with Gasteiger partial charge >= 0.3 is 5.97 Å². The summed E-state index contributed by atoms with van der Waals surface area (Å²) in [7, 11) is 0. The number of carbonyl (C=O) groups is 1. The molecular formula is C15H20N2O2. The molecule has 0 aromatic heterocycles. The zero-order valence-corrected chi connectivity index (χ0v) is 11.1. The van der Waals surface area contributed by atoms with Gasteiger partial charge in [0.15, 0.2) is 5.60 Å². The van der Waals surface area contributed by atoms with Crippen molar-refractivity contribution in [2.45, 2.75) is 68.3 Å². The van der Waals surface area contributed by atoms with Crippen molar-refractivity contribution in [2.24, 2.45) is 0 Å². The second-order valence-electron chi connectivity index (χ2n) is 6.83. The minimum atomic E-state index is -0.232. The first-order valence-corrected chi connectivity index (χ1v) is 7.75. The summed E-state index contributed by atoms with van der Waals surface area (Å²) >= 11 is 0. The zero-order chi connectivity index (χ0) is 12.6. The van der Waals surface area contributed by atoms with E-state index < -0.39 is 0 Å². The molecule has 2 aliphatic carbocycles. The average Bonchev–Trinajstić information content (AvgIpc) is 3.06. The Morgan fingerprint density at radius 1 is 1.32 bits per heavy atom. The lowest BCUT2D eigenvalue weighted by Crippen LogP contribution is -2.79. The molecule has 2 saturated carbocycles. The Balaban J connectivity index is 1.51. The molecule has 2 unspecified atom stereocenters. The second kappa shape index (κ2) is 3.41. The lowest BCUT2D eigenvalue weighted by molar-refractivity contribution is -0.205. The van der Waals surface area contributed by atoms with Crippen LogP contribution < -0.4 is 5.32 Å². The zero-order valence-electron chi connectivity index (χ0n) is 11.1. The summed E-state index contributed by atoms with van der Waals surface area (Å²) in [5.74, 6) is -0.102. The highest BCUT2D eigenvalue weighted by atomic mass is 16.6. The van der Waals surface area contributed by atoms with E-state index in [4.69, 9.17) is 4.74 Å². The van der Waals surface area contributed by atoms with Gasteiger partial charge in [0.1, 0.15) is 0 Å². The van der Waals surface area contributed by atoms with Gasteiger partial charge in [-0.25, -0.2) is 4.79 Å². The maximum absolute atomic E-state index is 11.7. The number of hydrogen-bond acceptors (Lipinski definition) is 4. The van der Waals surface area contributed by atoms with E-state index in [0.717, 1.165) is 12.5 Å². The largest absolute Gasteiger partial charge is 0.448 e. The molecule has 4 nitrogen and oxygen atoms in total. The molecule has 4 heteroatoms. The fraction of sp³-hybridized carbons (Fsp3) is 0.800. The predicted octanol–water partition coefficient (Wildman–Crippen LogP) is 0.969. The fourth-order valence-corrected chi connectivity index (χ4v) is 4.96. The van der Waals surface area contributed by atoms with Crippen LogP contribution in [-0.2, 0) is 9.53 Å². The van der Waals surface area contributed by atoms with E-state index in [9.17, 15) is 4.79 Å². The van der Waals surface area contributed by atoms with Gasteiger partial charge in [0.25, 0.3) is 0 Å². The molecule has 1 N–H and O–H groups in total. The standard InChI is InChI=1S/C15H20N2O2/c18-13-8-9-7-11(16-10-4-5-10)14-15(9,19-13)12-3-1-2-6-17(12)14/h8,10-12,14,16H,1-7H2/t11?,12-,14-,15?/m1/s1. The van der Waals surface area contributed by atoms with Crippen LogP contribution in [0, 0.1) is 0 Å². The van der Waals surface area contributed by atoms with E-state index in [1.807, 2.05) is 0 Å². The number of fused-ring (bicyclic) bond motifs is 2. The highest BCUT2D eigenvalue weighted by Crippen LogP contribution is 2.58. The molecule has 0 aromatic carbocycles. The summed E-state index contributed by atoms with van der Waals surface area (Å²) in [5, 5.41) is 3.78. The van der Waals surface area contributed by atoms with Crippen LogP contribution in [-0.4, -0.2) is 47.2 Å². The van der Waals surface area contributed by atoms with Crippen LogP contribution in [0.3, 0.4) is 0 Å². The van der Waals surface area contributed by atoms with Crippen LogP contribution in [0.2, 0.25) is 0 Å². The molecule has 5 aliphatic rings. The molecule has 0 amide bonds. The molecule has 1 spiro atoms. The van der Waals surface area contributed by atoms with E-state index in [1.165, 1.54) is 44.2 Å². The Morgan fingerprint density at radius 3 is 3.05 bits per heavy atom. The summed E-state index contributed by atoms with van der Waals surface area (Å²) < 4.78 is 5.86. The first-order valence-electron chi connectivity index (χ1n) is 7.75. The lowest BCUT2D eigenvalue weighted by atomic mass is 9.70. The van der Waals surface area contributed by atoms with Crippen LogP contribution in [0.4, 0.5) is 0 Å². The molecule has 0 bridgehead atoms. The summed E-state index contributed by atoms with van der Waals surface area (Å²) in [4.78, 5) is 14.3. The van der Waals surface area contributed by atoms with Crippen LogP contribution in [0.1, 0.15) is 38.5 Å². The second-order valence-corrected chi connectivity index (χ2v) is 6.83. The highest BCUT2D eigenvalue weighted by Gasteiger charge is 2.72. The summed E-state index contributed by atoms with van der Waals surface area (Å²) in [6, 6.07) is 2.10. The van der Waals surface area contributed by atoms with E-state index in [-0.39, 0.29) is 11.6 Å². The number of esters is 1. The van der Waals surface area contributed by atoms with Crippen molar-refractivity contribution in [3.05, 3.63) is 11.6 Å².